The van der Waals surface area contributed by atoms with Crippen LogP contribution in [-0.2, 0) is 19.0 Å². The maximum absolute atomic E-state index is 12.4. The number of carbonyl (C=O) groups is 2. The van der Waals surface area contributed by atoms with Crippen molar-refractivity contribution < 1.29 is 23.8 Å². The van der Waals surface area contributed by atoms with Gasteiger partial charge >= 0.3 is 12.1 Å². The Morgan fingerprint density at radius 1 is 0.806 bits per heavy atom. The third kappa shape index (κ3) is 17.6. The van der Waals surface area contributed by atoms with E-state index in [2.05, 4.69) is 50.1 Å². The van der Waals surface area contributed by atoms with Crippen molar-refractivity contribution in [3.63, 3.8) is 0 Å². The van der Waals surface area contributed by atoms with Crippen LogP contribution in [0.2, 0.25) is 0 Å². The zero-order chi connectivity index (χ0) is 26.3. The van der Waals surface area contributed by atoms with E-state index < -0.39 is 6.16 Å². The fourth-order valence-corrected chi connectivity index (χ4v) is 4.46. The molecular weight excluding hydrogens is 454 g/mol. The zero-order valence-corrected chi connectivity index (χ0v) is 23.4. The van der Waals surface area contributed by atoms with Gasteiger partial charge in [0.1, 0.15) is 0 Å². The van der Waals surface area contributed by atoms with E-state index in [1.807, 2.05) is 0 Å². The number of unbranched alkanes of at least 4 members (excludes halogenated alkanes) is 7. The maximum Gasteiger partial charge on any atom is 0.511 e. The van der Waals surface area contributed by atoms with E-state index in [1.165, 1.54) is 38.5 Å². The summed E-state index contributed by atoms with van der Waals surface area (Å²) in [5.41, 5.74) is 0. The van der Waals surface area contributed by atoms with Gasteiger partial charge in [-0.2, -0.15) is 0 Å². The largest absolute Gasteiger partial charge is 0.511 e. The van der Waals surface area contributed by atoms with E-state index in [0.29, 0.717) is 12.5 Å². The first-order valence-electron chi connectivity index (χ1n) is 14.5. The molecule has 208 valence electrons. The van der Waals surface area contributed by atoms with Gasteiger partial charge in [0.2, 0.25) is 6.79 Å². The van der Waals surface area contributed by atoms with E-state index in [4.69, 9.17) is 14.2 Å². The van der Waals surface area contributed by atoms with Crippen molar-refractivity contribution in [1.82, 2.24) is 4.90 Å². The highest BCUT2D eigenvalue weighted by molar-refractivity contribution is 5.72. The quantitative estimate of drug-likeness (QED) is 0.0724. The molecular formula is C30H53NO5. The standard InChI is InChI=1S/C30H53NO5/c1-4-6-7-8-9-10-11-12-13-14-15-16-17-18-20-28(19-5-2)29(32)35-26-36-30(33)34-25-27-21-23-31(3)24-22-27/h9-10,12-13,27-28H,4-8,11,14-26H2,1-3H3. The van der Waals surface area contributed by atoms with Crippen molar-refractivity contribution >= 4 is 12.1 Å². The van der Waals surface area contributed by atoms with E-state index in [0.717, 1.165) is 70.9 Å². The first kappa shape index (κ1) is 32.2. The van der Waals surface area contributed by atoms with Gasteiger partial charge in [0.15, 0.2) is 0 Å². The molecule has 0 aromatic rings. The molecule has 0 radical (unpaired) electrons. The SMILES string of the molecule is CCCCCC=CCC=CCCCCCCC(CCC)C(=O)OCOC(=O)OCC1CCN(C)CC1. The van der Waals surface area contributed by atoms with Crippen LogP contribution in [-0.4, -0.2) is 50.6 Å². The second kappa shape index (κ2) is 22.4. The predicted molar refractivity (Wildman–Crippen MR) is 147 cm³/mol. The summed E-state index contributed by atoms with van der Waals surface area (Å²) in [6.07, 6.45) is 24.7. The van der Waals surface area contributed by atoms with Gasteiger partial charge < -0.3 is 19.1 Å². The summed E-state index contributed by atoms with van der Waals surface area (Å²) in [7, 11) is 2.10. The van der Waals surface area contributed by atoms with Crippen LogP contribution in [0.5, 0.6) is 0 Å². The lowest BCUT2D eigenvalue weighted by Crippen LogP contribution is -2.32. The summed E-state index contributed by atoms with van der Waals surface area (Å²) in [4.78, 5) is 26.5. The molecule has 0 amide bonds. The Hall–Kier alpha value is -1.82. The van der Waals surface area contributed by atoms with Crippen LogP contribution in [0.15, 0.2) is 24.3 Å². The molecule has 1 aliphatic heterocycles. The Balaban J connectivity index is 2.06. The second-order valence-electron chi connectivity index (χ2n) is 10.2. The lowest BCUT2D eigenvalue weighted by Gasteiger charge is -2.28. The van der Waals surface area contributed by atoms with Crippen LogP contribution in [0.1, 0.15) is 110 Å². The van der Waals surface area contributed by atoms with Crippen molar-refractivity contribution in [3.8, 4) is 0 Å². The lowest BCUT2D eigenvalue weighted by atomic mass is 9.96. The van der Waals surface area contributed by atoms with Crippen LogP contribution in [0, 0.1) is 11.8 Å². The summed E-state index contributed by atoms with van der Waals surface area (Å²) >= 11 is 0. The number of carbonyl (C=O) groups excluding carboxylic acids is 2. The fraction of sp³-hybridized carbons (Fsp3) is 0.800. The molecule has 6 heteroatoms. The Morgan fingerprint density at radius 2 is 1.47 bits per heavy atom. The maximum atomic E-state index is 12.4. The Morgan fingerprint density at radius 3 is 2.14 bits per heavy atom. The second-order valence-corrected chi connectivity index (χ2v) is 10.2. The van der Waals surface area contributed by atoms with Crippen LogP contribution in [0.25, 0.3) is 0 Å². The van der Waals surface area contributed by atoms with Crippen molar-refractivity contribution in [2.75, 3.05) is 33.5 Å². The summed E-state index contributed by atoms with van der Waals surface area (Å²) in [6, 6.07) is 0. The van der Waals surface area contributed by atoms with E-state index in [9.17, 15) is 9.59 Å². The Bertz CT molecular complexity index is 610. The van der Waals surface area contributed by atoms with Gasteiger partial charge in [-0.3, -0.25) is 4.79 Å². The average molecular weight is 508 g/mol. The molecule has 1 rings (SSSR count). The lowest BCUT2D eigenvalue weighted by molar-refractivity contribution is -0.159. The molecule has 1 fully saturated rings. The molecule has 0 aliphatic carbocycles. The minimum atomic E-state index is -0.759. The van der Waals surface area contributed by atoms with E-state index in [1.54, 1.807) is 0 Å². The van der Waals surface area contributed by atoms with Gasteiger partial charge in [-0.05, 0) is 83.8 Å². The number of allylic oxidation sites excluding steroid dienone is 4. The third-order valence-electron chi connectivity index (χ3n) is 6.88. The molecule has 0 aromatic carbocycles. The molecule has 0 N–H and O–H groups in total. The molecule has 1 unspecified atom stereocenters. The topological polar surface area (TPSA) is 65.1 Å². The molecule has 0 aromatic heterocycles. The normalized spacial score (nSPS) is 16.0. The molecule has 1 heterocycles. The third-order valence-corrected chi connectivity index (χ3v) is 6.88. The molecule has 0 saturated carbocycles. The number of hydrogen-bond acceptors (Lipinski definition) is 6. The van der Waals surface area contributed by atoms with Crippen molar-refractivity contribution in [2.24, 2.45) is 11.8 Å². The predicted octanol–water partition coefficient (Wildman–Crippen LogP) is 7.82. The zero-order valence-electron chi connectivity index (χ0n) is 23.4. The number of ether oxygens (including phenoxy) is 3. The first-order valence-corrected chi connectivity index (χ1v) is 14.5. The highest BCUT2D eigenvalue weighted by atomic mass is 16.8. The number of nitrogens with zero attached hydrogens (tertiary/aromatic N) is 1. The summed E-state index contributed by atoms with van der Waals surface area (Å²) < 4.78 is 15.4. The van der Waals surface area contributed by atoms with Crippen molar-refractivity contribution in [1.29, 1.82) is 0 Å². The molecule has 36 heavy (non-hydrogen) atoms. The molecule has 0 spiro atoms. The van der Waals surface area contributed by atoms with Crippen LogP contribution in [0.3, 0.4) is 0 Å². The number of piperidine rings is 1. The molecule has 6 nitrogen and oxygen atoms in total. The summed E-state index contributed by atoms with van der Waals surface area (Å²) in [6.45, 7) is 6.35. The Labute approximate surface area is 220 Å². The van der Waals surface area contributed by atoms with Gasteiger partial charge in [-0.15, -0.1) is 0 Å². The monoisotopic (exact) mass is 507 g/mol. The number of likely N-dealkylation sites (tertiary alicyclic amines) is 1. The van der Waals surface area contributed by atoms with Crippen LogP contribution < -0.4 is 0 Å². The highest BCUT2D eigenvalue weighted by Gasteiger charge is 2.21. The minimum Gasteiger partial charge on any atom is -0.434 e. The van der Waals surface area contributed by atoms with E-state index in [-0.39, 0.29) is 18.7 Å². The van der Waals surface area contributed by atoms with Gasteiger partial charge in [-0.25, -0.2) is 4.79 Å². The van der Waals surface area contributed by atoms with E-state index >= 15 is 0 Å². The van der Waals surface area contributed by atoms with Gasteiger partial charge in [0.25, 0.3) is 0 Å². The van der Waals surface area contributed by atoms with Crippen LogP contribution >= 0.6 is 0 Å². The van der Waals surface area contributed by atoms with Gasteiger partial charge in [0, 0.05) is 0 Å². The first-order chi connectivity index (χ1) is 17.6. The summed E-state index contributed by atoms with van der Waals surface area (Å²) in [5, 5.41) is 0. The fourth-order valence-electron chi connectivity index (χ4n) is 4.46. The Kier molecular flexibility index (Phi) is 20.0. The number of hydrogen-bond donors (Lipinski definition) is 0. The van der Waals surface area contributed by atoms with Gasteiger partial charge in [-0.1, -0.05) is 76.7 Å². The van der Waals surface area contributed by atoms with Gasteiger partial charge in [0.05, 0.1) is 12.5 Å². The molecule has 0 bridgehead atoms. The average Bonchev–Trinajstić information content (AvgIpc) is 2.87. The molecule has 1 aliphatic rings. The van der Waals surface area contributed by atoms with Crippen molar-refractivity contribution in [3.05, 3.63) is 24.3 Å². The molecule has 1 saturated heterocycles. The highest BCUT2D eigenvalue weighted by Crippen LogP contribution is 2.19. The molecule has 1 atom stereocenters. The van der Waals surface area contributed by atoms with Crippen LogP contribution in [0.4, 0.5) is 4.79 Å². The smallest absolute Gasteiger partial charge is 0.434 e. The minimum absolute atomic E-state index is 0.127. The summed E-state index contributed by atoms with van der Waals surface area (Å²) in [5.74, 6) is -0.0213. The number of esters is 1. The van der Waals surface area contributed by atoms with Crippen molar-refractivity contribution in [2.45, 2.75) is 110 Å². The number of rotatable bonds is 20.